The van der Waals surface area contributed by atoms with E-state index in [1.165, 1.54) is 32.1 Å². The molecule has 0 N–H and O–H groups in total. The third kappa shape index (κ3) is 0.710. The van der Waals surface area contributed by atoms with Gasteiger partial charge in [0, 0.05) is 7.11 Å². The first-order chi connectivity index (χ1) is 4.37. The Bertz CT molecular complexity index is 122. The fourth-order valence-corrected chi connectivity index (χ4v) is 2.20. The molecule has 0 radical (unpaired) electrons. The molecule has 2 saturated carbocycles. The van der Waals surface area contributed by atoms with Crippen molar-refractivity contribution in [2.45, 2.75) is 37.7 Å². The fourth-order valence-electron chi connectivity index (χ4n) is 2.20. The first-order valence-electron chi connectivity index (χ1n) is 3.92. The van der Waals surface area contributed by atoms with Crippen LogP contribution >= 0.6 is 0 Å². The summed E-state index contributed by atoms with van der Waals surface area (Å²) in [6, 6.07) is 0. The van der Waals surface area contributed by atoms with Crippen molar-refractivity contribution in [1.29, 1.82) is 0 Å². The normalized spacial score (nSPS) is 48.3. The van der Waals surface area contributed by atoms with E-state index in [1.807, 2.05) is 7.11 Å². The quantitative estimate of drug-likeness (QED) is 0.522. The van der Waals surface area contributed by atoms with Gasteiger partial charge in [0.25, 0.3) is 0 Å². The number of hydrogen-bond donors (Lipinski definition) is 0. The average Bonchev–Trinajstić information content (AvgIpc) is 2.62. The Hall–Kier alpha value is -0.0400. The van der Waals surface area contributed by atoms with Gasteiger partial charge in [0.1, 0.15) is 0 Å². The van der Waals surface area contributed by atoms with Crippen LogP contribution in [0.2, 0.25) is 0 Å². The van der Waals surface area contributed by atoms with Crippen LogP contribution in [0, 0.1) is 5.92 Å². The standard InChI is InChI=1S/C8H14O/c1-9-8-5-3-2-4-7(8)6-8/h7H,2-6H2,1H3/t7-,8-/m0/s1. The van der Waals surface area contributed by atoms with Crippen LogP contribution in [0.15, 0.2) is 0 Å². The van der Waals surface area contributed by atoms with E-state index in [0.717, 1.165) is 5.92 Å². The van der Waals surface area contributed by atoms with Crippen molar-refractivity contribution in [2.75, 3.05) is 7.11 Å². The largest absolute Gasteiger partial charge is 0.378 e. The van der Waals surface area contributed by atoms with Gasteiger partial charge in [0.15, 0.2) is 0 Å². The second kappa shape index (κ2) is 1.72. The Balaban J connectivity index is 2.01. The van der Waals surface area contributed by atoms with Crippen LogP contribution in [0.25, 0.3) is 0 Å². The van der Waals surface area contributed by atoms with Gasteiger partial charge >= 0.3 is 0 Å². The zero-order valence-corrected chi connectivity index (χ0v) is 6.02. The van der Waals surface area contributed by atoms with Gasteiger partial charge in [-0.3, -0.25) is 0 Å². The summed E-state index contributed by atoms with van der Waals surface area (Å²) in [5, 5.41) is 0. The summed E-state index contributed by atoms with van der Waals surface area (Å²) in [4.78, 5) is 0. The molecule has 0 unspecified atom stereocenters. The number of rotatable bonds is 1. The van der Waals surface area contributed by atoms with Crippen LogP contribution in [0.4, 0.5) is 0 Å². The lowest BCUT2D eigenvalue weighted by atomic mass is 9.98. The third-order valence-electron chi connectivity index (χ3n) is 2.98. The number of methoxy groups -OCH3 is 1. The Morgan fingerprint density at radius 2 is 2.33 bits per heavy atom. The predicted molar refractivity (Wildman–Crippen MR) is 36.3 cm³/mol. The molecule has 52 valence electrons. The van der Waals surface area contributed by atoms with Crippen LogP contribution < -0.4 is 0 Å². The SMILES string of the molecule is CO[C@]12CCCC[C@H]1C2. The second-order valence-corrected chi connectivity index (χ2v) is 3.42. The molecular formula is C8H14O. The van der Waals surface area contributed by atoms with Crippen molar-refractivity contribution >= 4 is 0 Å². The van der Waals surface area contributed by atoms with Crippen molar-refractivity contribution in [3.05, 3.63) is 0 Å². The molecule has 0 aromatic heterocycles. The van der Waals surface area contributed by atoms with Gasteiger partial charge < -0.3 is 4.74 Å². The maximum absolute atomic E-state index is 5.45. The van der Waals surface area contributed by atoms with E-state index in [0.29, 0.717) is 5.60 Å². The van der Waals surface area contributed by atoms with Gasteiger partial charge in [-0.25, -0.2) is 0 Å². The number of fused-ring (bicyclic) bond motifs is 1. The van der Waals surface area contributed by atoms with E-state index in [2.05, 4.69) is 0 Å². The van der Waals surface area contributed by atoms with E-state index in [4.69, 9.17) is 4.74 Å². The molecule has 9 heavy (non-hydrogen) atoms. The maximum atomic E-state index is 5.45. The van der Waals surface area contributed by atoms with Crippen molar-refractivity contribution < 1.29 is 4.74 Å². The summed E-state index contributed by atoms with van der Waals surface area (Å²) < 4.78 is 5.45. The van der Waals surface area contributed by atoms with Crippen molar-refractivity contribution in [1.82, 2.24) is 0 Å². The summed E-state index contributed by atoms with van der Waals surface area (Å²) in [6.45, 7) is 0. The smallest absolute Gasteiger partial charge is 0.0711 e. The van der Waals surface area contributed by atoms with Gasteiger partial charge in [-0.2, -0.15) is 0 Å². The molecule has 1 nitrogen and oxygen atoms in total. The highest BCUT2D eigenvalue weighted by molar-refractivity contribution is 5.06. The Kier molecular flexibility index (Phi) is 1.10. The van der Waals surface area contributed by atoms with Crippen LogP contribution in [-0.2, 0) is 4.74 Å². The lowest BCUT2D eigenvalue weighted by Crippen LogP contribution is -2.18. The summed E-state index contributed by atoms with van der Waals surface area (Å²) in [5.41, 5.74) is 0.387. The molecule has 0 heterocycles. The van der Waals surface area contributed by atoms with Gasteiger partial charge in [0.2, 0.25) is 0 Å². The molecule has 0 amide bonds. The van der Waals surface area contributed by atoms with E-state index in [-0.39, 0.29) is 0 Å². The lowest BCUT2D eigenvalue weighted by Gasteiger charge is -2.19. The van der Waals surface area contributed by atoms with E-state index in [1.54, 1.807) is 0 Å². The molecule has 0 saturated heterocycles. The minimum Gasteiger partial charge on any atom is -0.378 e. The molecule has 2 aliphatic rings. The first-order valence-corrected chi connectivity index (χ1v) is 3.92. The highest BCUT2D eigenvalue weighted by Crippen LogP contribution is 2.55. The predicted octanol–water partition coefficient (Wildman–Crippen LogP) is 1.97. The van der Waals surface area contributed by atoms with Crippen molar-refractivity contribution in [2.24, 2.45) is 5.92 Å². The molecule has 0 aromatic carbocycles. The minimum atomic E-state index is 0.387. The fraction of sp³-hybridized carbons (Fsp3) is 1.00. The molecule has 0 spiro atoms. The molecule has 2 rings (SSSR count). The third-order valence-corrected chi connectivity index (χ3v) is 2.98. The maximum Gasteiger partial charge on any atom is 0.0711 e. The van der Waals surface area contributed by atoms with Crippen molar-refractivity contribution in [3.63, 3.8) is 0 Å². The Labute approximate surface area is 56.4 Å². The van der Waals surface area contributed by atoms with E-state index >= 15 is 0 Å². The Morgan fingerprint density at radius 1 is 1.44 bits per heavy atom. The first kappa shape index (κ1) is 5.72. The van der Waals surface area contributed by atoms with Crippen LogP contribution in [-0.4, -0.2) is 12.7 Å². The van der Waals surface area contributed by atoms with Gasteiger partial charge in [-0.1, -0.05) is 12.8 Å². The summed E-state index contributed by atoms with van der Waals surface area (Å²) in [5.74, 6) is 0.941. The van der Waals surface area contributed by atoms with Crippen molar-refractivity contribution in [3.8, 4) is 0 Å². The second-order valence-electron chi connectivity index (χ2n) is 3.42. The molecule has 2 aliphatic carbocycles. The van der Waals surface area contributed by atoms with E-state index in [9.17, 15) is 0 Å². The van der Waals surface area contributed by atoms with E-state index < -0.39 is 0 Å². The van der Waals surface area contributed by atoms with Crippen LogP contribution in [0.5, 0.6) is 0 Å². The number of ether oxygens (including phenoxy) is 1. The molecule has 1 heteroatoms. The van der Waals surface area contributed by atoms with Gasteiger partial charge in [-0.15, -0.1) is 0 Å². The molecule has 0 aromatic rings. The highest BCUT2D eigenvalue weighted by atomic mass is 16.5. The molecule has 0 aliphatic heterocycles. The van der Waals surface area contributed by atoms with Gasteiger partial charge in [-0.05, 0) is 25.2 Å². The zero-order valence-electron chi connectivity index (χ0n) is 6.02. The molecular weight excluding hydrogens is 112 g/mol. The van der Waals surface area contributed by atoms with Crippen LogP contribution in [0.1, 0.15) is 32.1 Å². The molecule has 0 bridgehead atoms. The minimum absolute atomic E-state index is 0.387. The molecule has 2 fully saturated rings. The average molecular weight is 126 g/mol. The highest BCUT2D eigenvalue weighted by Gasteiger charge is 2.55. The Morgan fingerprint density at radius 3 is 2.89 bits per heavy atom. The molecule has 2 atom stereocenters. The lowest BCUT2D eigenvalue weighted by molar-refractivity contribution is 0.0442. The summed E-state index contributed by atoms with van der Waals surface area (Å²) in [6.07, 6.45) is 6.94. The van der Waals surface area contributed by atoms with Gasteiger partial charge in [0.05, 0.1) is 5.60 Å². The topological polar surface area (TPSA) is 9.23 Å². The zero-order chi connectivity index (χ0) is 6.32. The monoisotopic (exact) mass is 126 g/mol. The van der Waals surface area contributed by atoms with Crippen LogP contribution in [0.3, 0.4) is 0 Å². The number of hydrogen-bond acceptors (Lipinski definition) is 1. The summed E-state index contributed by atoms with van der Waals surface area (Å²) >= 11 is 0. The summed E-state index contributed by atoms with van der Waals surface area (Å²) in [7, 11) is 1.87.